The van der Waals surface area contributed by atoms with Crippen LogP contribution in [0.3, 0.4) is 0 Å². The number of benzene rings is 1. The van der Waals surface area contributed by atoms with Gasteiger partial charge in [-0.05, 0) is 63.3 Å². The Hall–Kier alpha value is -2.46. The minimum atomic E-state index is -0.735. The van der Waals surface area contributed by atoms with Gasteiger partial charge in [-0.1, -0.05) is 29.3 Å². The van der Waals surface area contributed by atoms with Crippen LogP contribution in [0.5, 0.6) is 0 Å². The number of aliphatic carboxylic acids is 1. The number of likely N-dealkylation sites (tertiary alicyclic amines) is 1. The molecule has 0 amide bonds. The molecule has 2 N–H and O–H groups in total. The van der Waals surface area contributed by atoms with E-state index in [1.165, 1.54) is 0 Å². The van der Waals surface area contributed by atoms with Gasteiger partial charge in [0.2, 0.25) is 0 Å². The van der Waals surface area contributed by atoms with Gasteiger partial charge in [-0.2, -0.15) is 5.10 Å². The van der Waals surface area contributed by atoms with E-state index in [4.69, 9.17) is 38.3 Å². The molecule has 0 unspecified atom stereocenters. The summed E-state index contributed by atoms with van der Waals surface area (Å²) in [6.07, 6.45) is 4.83. The zero-order valence-electron chi connectivity index (χ0n) is 21.7. The summed E-state index contributed by atoms with van der Waals surface area (Å²) in [5.41, 5.74) is 3.13. The normalized spacial score (nSPS) is 23.6. The van der Waals surface area contributed by atoms with Gasteiger partial charge in [-0.25, -0.2) is 14.6 Å². The molecule has 2 aliphatic rings. The van der Waals surface area contributed by atoms with Gasteiger partial charge >= 0.3 is 5.97 Å². The number of carboxylic acids is 1. The molecule has 2 aromatic heterocycles. The van der Waals surface area contributed by atoms with Gasteiger partial charge in [0.15, 0.2) is 5.65 Å². The minimum absolute atomic E-state index is 0.0447. The molecule has 4 atom stereocenters. The highest BCUT2D eigenvalue weighted by atomic mass is 35.5. The number of halogens is 2. The molecule has 9 nitrogen and oxygen atoms in total. The van der Waals surface area contributed by atoms with Gasteiger partial charge in [0, 0.05) is 54.7 Å². The van der Waals surface area contributed by atoms with Gasteiger partial charge in [-0.3, -0.25) is 9.69 Å². The van der Waals surface area contributed by atoms with Gasteiger partial charge in [0.05, 0.1) is 17.9 Å². The molecule has 0 saturated carbocycles. The van der Waals surface area contributed by atoms with E-state index in [0.29, 0.717) is 22.2 Å². The number of aliphatic hydroxyl groups excluding tert-OH is 1. The first-order chi connectivity index (χ1) is 18.2. The van der Waals surface area contributed by atoms with Crippen LogP contribution >= 0.6 is 23.2 Å². The zero-order valence-corrected chi connectivity index (χ0v) is 23.2. The fourth-order valence-electron chi connectivity index (χ4n) is 6.14. The number of carbonyl (C=O) groups is 1. The van der Waals surface area contributed by atoms with Crippen molar-refractivity contribution < 1.29 is 15.0 Å². The van der Waals surface area contributed by atoms with E-state index < -0.39 is 5.97 Å². The van der Waals surface area contributed by atoms with E-state index >= 15 is 0 Å². The molecule has 2 saturated heterocycles. The predicted molar refractivity (Wildman–Crippen MR) is 148 cm³/mol. The molecule has 38 heavy (non-hydrogen) atoms. The highest BCUT2D eigenvalue weighted by Gasteiger charge is 2.36. The molecule has 204 valence electrons. The minimum Gasteiger partial charge on any atom is -0.481 e. The average molecular weight is 562 g/mol. The Kier molecular flexibility index (Phi) is 8.09. The molecular weight excluding hydrogens is 527 g/mol. The molecule has 1 aromatic carbocycles. The number of aromatic nitrogens is 4. The molecule has 0 aliphatic carbocycles. The van der Waals surface area contributed by atoms with E-state index in [1.807, 2.05) is 30.7 Å². The third-order valence-corrected chi connectivity index (χ3v) is 8.64. The molecule has 2 aliphatic heterocycles. The van der Waals surface area contributed by atoms with E-state index in [1.54, 1.807) is 12.3 Å². The monoisotopic (exact) mass is 560 g/mol. The van der Waals surface area contributed by atoms with Crippen molar-refractivity contribution in [2.75, 3.05) is 37.7 Å². The summed E-state index contributed by atoms with van der Waals surface area (Å²) < 4.78 is 1.86. The number of fused-ring (bicyclic) bond motifs is 1. The average Bonchev–Trinajstić information content (AvgIpc) is 3.23. The predicted octanol–water partition coefficient (Wildman–Crippen LogP) is 4.42. The Balaban J connectivity index is 1.37. The third-order valence-electron chi connectivity index (χ3n) is 8.07. The molecule has 0 radical (unpaired) electrons. The molecule has 2 fully saturated rings. The van der Waals surface area contributed by atoms with Crippen molar-refractivity contribution in [2.24, 2.45) is 11.8 Å². The Morgan fingerprint density at radius 2 is 2.03 bits per heavy atom. The summed E-state index contributed by atoms with van der Waals surface area (Å²) >= 11 is 12.6. The standard InChI is InChI=1S/C27H34Cl2N6O3/c1-16-26-27(35(32-16)17(2)21-6-5-20(28)11-22(21)29)31-24(12-30-26)34-9-7-23(19(14-34)15-36)33-8-3-4-18(13-33)10-25(37)38/h5-6,11-12,17-19,23,36H,3-4,7-10,13-15H2,1-2H3,(H,37,38)/t17-,18+,19+,23+/m1/s1. The molecule has 4 heterocycles. The summed E-state index contributed by atoms with van der Waals surface area (Å²) in [6, 6.07) is 5.52. The lowest BCUT2D eigenvalue weighted by Crippen LogP contribution is -2.55. The quantitative estimate of drug-likeness (QED) is 0.437. The van der Waals surface area contributed by atoms with Crippen molar-refractivity contribution >= 4 is 46.2 Å². The van der Waals surface area contributed by atoms with Crippen LogP contribution in [-0.2, 0) is 4.79 Å². The second-order valence-corrected chi connectivity index (χ2v) is 11.5. The van der Waals surface area contributed by atoms with Crippen LogP contribution in [0.25, 0.3) is 11.2 Å². The van der Waals surface area contributed by atoms with E-state index in [2.05, 4.69) is 9.80 Å². The summed E-state index contributed by atoms with van der Waals surface area (Å²) in [5, 5.41) is 25.5. The molecule has 3 aromatic rings. The van der Waals surface area contributed by atoms with Crippen LogP contribution in [0, 0.1) is 18.8 Å². The van der Waals surface area contributed by atoms with Crippen LogP contribution in [0.4, 0.5) is 5.82 Å². The highest BCUT2D eigenvalue weighted by Crippen LogP contribution is 2.33. The third kappa shape index (κ3) is 5.47. The van der Waals surface area contributed by atoms with Crippen LogP contribution in [-0.4, -0.2) is 79.7 Å². The fraction of sp³-hybridized carbons (Fsp3) is 0.556. The number of aryl methyl sites for hydroxylation is 1. The van der Waals surface area contributed by atoms with E-state index in [9.17, 15) is 15.0 Å². The van der Waals surface area contributed by atoms with Crippen molar-refractivity contribution in [2.45, 2.75) is 51.6 Å². The highest BCUT2D eigenvalue weighted by molar-refractivity contribution is 6.35. The van der Waals surface area contributed by atoms with Gasteiger partial charge in [0.1, 0.15) is 11.3 Å². The summed E-state index contributed by atoms with van der Waals surface area (Å²) in [4.78, 5) is 25.6. The Bertz CT molecular complexity index is 1320. The van der Waals surface area contributed by atoms with E-state index in [-0.39, 0.29) is 36.9 Å². The van der Waals surface area contributed by atoms with Gasteiger partial charge < -0.3 is 15.1 Å². The SMILES string of the molecule is Cc1nn([C@H](C)c2ccc(Cl)cc2Cl)c2nc(N3CC[C@H](N4CCC[C@@H](CC(=O)O)C4)[C@H](CO)C3)cnc12. The fourth-order valence-corrected chi connectivity index (χ4v) is 6.70. The first kappa shape index (κ1) is 27.1. The summed E-state index contributed by atoms with van der Waals surface area (Å²) in [6.45, 7) is 7.20. The molecular formula is C27H34Cl2N6O3. The van der Waals surface area contributed by atoms with E-state index in [0.717, 1.165) is 61.5 Å². The van der Waals surface area contributed by atoms with Crippen LogP contribution in [0.15, 0.2) is 24.4 Å². The Labute approximate surface area is 232 Å². The summed E-state index contributed by atoms with van der Waals surface area (Å²) in [5.74, 6) is 0.239. The van der Waals surface area contributed by atoms with Crippen LogP contribution < -0.4 is 4.90 Å². The number of anilines is 1. The zero-order chi connectivity index (χ0) is 27.0. The topological polar surface area (TPSA) is 108 Å². The van der Waals surface area contributed by atoms with Crippen molar-refractivity contribution in [3.8, 4) is 0 Å². The maximum absolute atomic E-state index is 11.2. The molecule has 5 rings (SSSR count). The number of aliphatic hydroxyl groups is 1. The van der Waals surface area contributed by atoms with Crippen LogP contribution in [0.1, 0.15) is 49.9 Å². The number of hydrogen-bond donors (Lipinski definition) is 2. The van der Waals surface area contributed by atoms with Crippen molar-refractivity contribution in [1.82, 2.24) is 24.6 Å². The largest absolute Gasteiger partial charge is 0.481 e. The van der Waals surface area contributed by atoms with Crippen LogP contribution in [0.2, 0.25) is 10.0 Å². The smallest absolute Gasteiger partial charge is 0.303 e. The molecule has 0 spiro atoms. The number of hydrogen-bond acceptors (Lipinski definition) is 7. The maximum Gasteiger partial charge on any atom is 0.303 e. The molecule has 11 heteroatoms. The maximum atomic E-state index is 11.2. The lowest BCUT2D eigenvalue weighted by molar-refractivity contribution is -0.138. The van der Waals surface area contributed by atoms with Crippen molar-refractivity contribution in [3.63, 3.8) is 0 Å². The lowest BCUT2D eigenvalue weighted by atomic mass is 9.87. The lowest BCUT2D eigenvalue weighted by Gasteiger charge is -2.46. The second-order valence-electron chi connectivity index (χ2n) is 10.6. The second kappa shape index (κ2) is 11.3. The van der Waals surface area contributed by atoms with Crippen molar-refractivity contribution in [1.29, 1.82) is 0 Å². The van der Waals surface area contributed by atoms with Gasteiger partial charge in [-0.15, -0.1) is 0 Å². The Morgan fingerprint density at radius 1 is 1.21 bits per heavy atom. The van der Waals surface area contributed by atoms with Crippen molar-refractivity contribution in [3.05, 3.63) is 45.7 Å². The first-order valence-corrected chi connectivity index (χ1v) is 14.0. The first-order valence-electron chi connectivity index (χ1n) is 13.2. The number of nitrogens with zero attached hydrogens (tertiary/aromatic N) is 6. The number of carboxylic acid groups (broad SMARTS) is 1. The van der Waals surface area contributed by atoms with Gasteiger partial charge in [0.25, 0.3) is 0 Å². The number of piperidine rings is 2. The number of rotatable bonds is 7. The Morgan fingerprint density at radius 3 is 2.76 bits per heavy atom. The molecule has 0 bridgehead atoms. The summed E-state index contributed by atoms with van der Waals surface area (Å²) in [7, 11) is 0.